The third kappa shape index (κ3) is 2.70. The van der Waals surface area contributed by atoms with Crippen LogP contribution in [0.4, 0.5) is 0 Å². The molecule has 0 saturated heterocycles. The van der Waals surface area contributed by atoms with Crippen molar-refractivity contribution in [3.05, 3.63) is 72.6 Å². The van der Waals surface area contributed by atoms with Crippen LogP contribution in [0.25, 0.3) is 10.9 Å². The normalized spacial score (nSPS) is 13.7. The van der Waals surface area contributed by atoms with Crippen LogP contribution >= 0.6 is 11.6 Å². The molecule has 1 aliphatic rings. The van der Waals surface area contributed by atoms with E-state index in [0.29, 0.717) is 46.0 Å². The molecular weight excluding hydrogens is 356 g/mol. The minimum atomic E-state index is -0.381. The molecule has 7 nitrogen and oxygen atoms in total. The number of aryl methyl sites for hydroxylation is 1. The summed E-state index contributed by atoms with van der Waals surface area (Å²) in [6, 6.07) is 4.86. The number of amides is 1. The maximum atomic E-state index is 12.9. The Labute approximate surface area is 152 Å². The summed E-state index contributed by atoms with van der Waals surface area (Å²) >= 11 is 5.94. The fourth-order valence-electron chi connectivity index (χ4n) is 3.26. The van der Waals surface area contributed by atoms with E-state index >= 15 is 0 Å². The van der Waals surface area contributed by atoms with Gasteiger partial charge in [0.15, 0.2) is 0 Å². The second-order valence-electron chi connectivity index (χ2n) is 6.27. The lowest BCUT2D eigenvalue weighted by molar-refractivity contribution is 0.0729. The van der Waals surface area contributed by atoms with Crippen LogP contribution in [-0.2, 0) is 13.0 Å². The molecule has 2 aromatic heterocycles. The van der Waals surface area contributed by atoms with Crippen molar-refractivity contribution < 1.29 is 4.79 Å². The second kappa shape index (κ2) is 6.10. The SMILES string of the molecule is Cc1nc2c(c(=O)[nH]1)CCN(C(=O)c1c[nH]c3cc(Cl)ccc3c1=O)C2. The van der Waals surface area contributed by atoms with Crippen LogP contribution in [0.15, 0.2) is 34.0 Å². The highest BCUT2D eigenvalue weighted by Crippen LogP contribution is 2.18. The number of hydrogen-bond acceptors (Lipinski definition) is 4. The van der Waals surface area contributed by atoms with Crippen molar-refractivity contribution in [2.45, 2.75) is 19.9 Å². The molecule has 0 fully saturated rings. The fourth-order valence-corrected chi connectivity index (χ4v) is 3.43. The average Bonchev–Trinajstić information content (AvgIpc) is 2.60. The van der Waals surface area contributed by atoms with Gasteiger partial charge in [0.1, 0.15) is 11.4 Å². The predicted octanol–water partition coefficient (Wildman–Crippen LogP) is 1.77. The number of fused-ring (bicyclic) bond motifs is 2. The number of nitrogens with one attached hydrogen (secondary N) is 2. The van der Waals surface area contributed by atoms with E-state index in [1.165, 1.54) is 6.20 Å². The van der Waals surface area contributed by atoms with Crippen LogP contribution in [0.2, 0.25) is 5.02 Å². The quantitative estimate of drug-likeness (QED) is 0.682. The van der Waals surface area contributed by atoms with Crippen LogP contribution < -0.4 is 11.0 Å². The number of aromatic nitrogens is 3. The Morgan fingerprint density at radius 2 is 2.12 bits per heavy atom. The molecule has 1 aliphatic heterocycles. The van der Waals surface area contributed by atoms with Crippen molar-refractivity contribution >= 4 is 28.4 Å². The molecule has 3 aromatic rings. The summed E-state index contributed by atoms with van der Waals surface area (Å²) in [5.74, 6) is 0.122. The number of H-pyrrole nitrogens is 2. The number of halogens is 1. The number of pyridine rings is 1. The largest absolute Gasteiger partial charge is 0.360 e. The van der Waals surface area contributed by atoms with Crippen molar-refractivity contribution in [3.8, 4) is 0 Å². The number of aromatic amines is 2. The van der Waals surface area contributed by atoms with Gasteiger partial charge in [0, 0.05) is 28.7 Å². The molecule has 0 saturated carbocycles. The van der Waals surface area contributed by atoms with Crippen LogP contribution in [0.5, 0.6) is 0 Å². The monoisotopic (exact) mass is 370 g/mol. The van der Waals surface area contributed by atoms with Gasteiger partial charge < -0.3 is 14.9 Å². The Bertz CT molecular complexity index is 1170. The maximum Gasteiger partial charge on any atom is 0.259 e. The Balaban J connectivity index is 1.71. The van der Waals surface area contributed by atoms with Crippen molar-refractivity contribution in [1.29, 1.82) is 0 Å². The molecule has 3 heterocycles. The standard InChI is InChI=1S/C18H15ClN4O3/c1-9-21-15-8-23(5-4-12(15)17(25)22-9)18(26)13-7-20-14-6-10(19)2-3-11(14)16(13)24/h2-3,6-7H,4-5,8H2,1H3,(H,20,24)(H,21,22,25). The average molecular weight is 371 g/mol. The van der Waals surface area contributed by atoms with Gasteiger partial charge in [-0.3, -0.25) is 14.4 Å². The lowest BCUT2D eigenvalue weighted by Crippen LogP contribution is -2.40. The highest BCUT2D eigenvalue weighted by atomic mass is 35.5. The minimum Gasteiger partial charge on any atom is -0.360 e. The van der Waals surface area contributed by atoms with Gasteiger partial charge in [-0.1, -0.05) is 11.6 Å². The molecule has 2 N–H and O–H groups in total. The van der Waals surface area contributed by atoms with Gasteiger partial charge in [0.05, 0.1) is 17.8 Å². The smallest absolute Gasteiger partial charge is 0.259 e. The highest BCUT2D eigenvalue weighted by molar-refractivity contribution is 6.31. The van der Waals surface area contributed by atoms with Crippen LogP contribution in [-0.4, -0.2) is 32.3 Å². The molecule has 0 radical (unpaired) electrons. The summed E-state index contributed by atoms with van der Waals surface area (Å²) in [5.41, 5.74) is 1.30. The number of nitrogens with zero attached hydrogens (tertiary/aromatic N) is 2. The maximum absolute atomic E-state index is 12.9. The summed E-state index contributed by atoms with van der Waals surface area (Å²) in [5, 5.41) is 0.912. The molecule has 0 spiro atoms. The van der Waals surface area contributed by atoms with E-state index in [9.17, 15) is 14.4 Å². The van der Waals surface area contributed by atoms with Crippen molar-refractivity contribution in [2.24, 2.45) is 0 Å². The number of carbonyl (C=O) groups is 1. The Kier molecular flexibility index (Phi) is 3.88. The van der Waals surface area contributed by atoms with Gasteiger partial charge in [-0.2, -0.15) is 0 Å². The zero-order valence-electron chi connectivity index (χ0n) is 13.9. The minimum absolute atomic E-state index is 0.0600. The summed E-state index contributed by atoms with van der Waals surface area (Å²) in [6.45, 7) is 2.26. The van der Waals surface area contributed by atoms with Gasteiger partial charge >= 0.3 is 0 Å². The topological polar surface area (TPSA) is 98.9 Å². The second-order valence-corrected chi connectivity index (χ2v) is 6.71. The van der Waals surface area contributed by atoms with Gasteiger partial charge in [0.2, 0.25) is 5.43 Å². The number of benzene rings is 1. The number of hydrogen-bond donors (Lipinski definition) is 2. The fraction of sp³-hybridized carbons (Fsp3) is 0.222. The molecule has 0 bridgehead atoms. The molecule has 8 heteroatoms. The van der Waals surface area contributed by atoms with Crippen LogP contribution in [0.1, 0.15) is 27.4 Å². The van der Waals surface area contributed by atoms with Gasteiger partial charge in [-0.05, 0) is 31.5 Å². The number of carbonyl (C=O) groups excluding carboxylic acids is 1. The molecule has 1 aromatic carbocycles. The molecular formula is C18H15ClN4O3. The van der Waals surface area contributed by atoms with Crippen LogP contribution in [0.3, 0.4) is 0 Å². The first-order valence-electron chi connectivity index (χ1n) is 8.13. The van der Waals surface area contributed by atoms with Crippen molar-refractivity contribution in [3.63, 3.8) is 0 Å². The zero-order valence-corrected chi connectivity index (χ0v) is 14.7. The van der Waals surface area contributed by atoms with E-state index in [1.54, 1.807) is 30.0 Å². The third-order valence-corrected chi connectivity index (χ3v) is 4.79. The number of rotatable bonds is 1. The van der Waals surface area contributed by atoms with Crippen molar-refractivity contribution in [2.75, 3.05) is 6.54 Å². The van der Waals surface area contributed by atoms with Gasteiger partial charge in [-0.25, -0.2) is 4.98 Å². The first-order chi connectivity index (χ1) is 12.4. The molecule has 0 unspecified atom stereocenters. The third-order valence-electron chi connectivity index (χ3n) is 4.55. The summed E-state index contributed by atoms with van der Waals surface area (Å²) < 4.78 is 0. The van der Waals surface area contributed by atoms with E-state index in [0.717, 1.165) is 0 Å². The van der Waals surface area contributed by atoms with E-state index < -0.39 is 0 Å². The first kappa shape index (κ1) is 16.5. The summed E-state index contributed by atoms with van der Waals surface area (Å²) in [7, 11) is 0. The molecule has 132 valence electrons. The van der Waals surface area contributed by atoms with Crippen molar-refractivity contribution in [1.82, 2.24) is 19.9 Å². The Morgan fingerprint density at radius 1 is 1.31 bits per heavy atom. The van der Waals surface area contributed by atoms with Gasteiger partial charge in [0.25, 0.3) is 11.5 Å². The molecule has 4 rings (SSSR count). The first-order valence-corrected chi connectivity index (χ1v) is 8.51. The lowest BCUT2D eigenvalue weighted by Gasteiger charge is -2.27. The highest BCUT2D eigenvalue weighted by Gasteiger charge is 2.26. The predicted molar refractivity (Wildman–Crippen MR) is 97.6 cm³/mol. The lowest BCUT2D eigenvalue weighted by atomic mass is 10.0. The van der Waals surface area contributed by atoms with E-state index in [2.05, 4.69) is 15.0 Å². The Hall–Kier alpha value is -2.93. The molecule has 26 heavy (non-hydrogen) atoms. The van der Waals surface area contributed by atoms with Crippen LogP contribution in [0, 0.1) is 6.92 Å². The molecule has 0 atom stereocenters. The Morgan fingerprint density at radius 3 is 2.92 bits per heavy atom. The van der Waals surface area contributed by atoms with E-state index in [4.69, 9.17) is 11.6 Å². The summed E-state index contributed by atoms with van der Waals surface area (Å²) in [4.78, 5) is 49.1. The van der Waals surface area contributed by atoms with Gasteiger partial charge in [-0.15, -0.1) is 0 Å². The summed E-state index contributed by atoms with van der Waals surface area (Å²) in [6.07, 6.45) is 1.82. The molecule has 0 aliphatic carbocycles. The van der Waals surface area contributed by atoms with E-state index in [1.807, 2.05) is 0 Å². The zero-order chi connectivity index (χ0) is 18.4. The molecule has 1 amide bonds. The van der Waals surface area contributed by atoms with E-state index in [-0.39, 0.29) is 29.0 Å².